The van der Waals surface area contributed by atoms with Crippen molar-refractivity contribution in [1.29, 1.82) is 0 Å². The molecule has 0 aromatic heterocycles. The highest BCUT2D eigenvalue weighted by Crippen LogP contribution is 2.07. The summed E-state index contributed by atoms with van der Waals surface area (Å²) < 4.78 is 0. The summed E-state index contributed by atoms with van der Waals surface area (Å²) in [5.74, 6) is 5.36. The van der Waals surface area contributed by atoms with Gasteiger partial charge in [-0.3, -0.25) is 0 Å². The van der Waals surface area contributed by atoms with Crippen molar-refractivity contribution in [2.24, 2.45) is 0 Å². The molecule has 13 heavy (non-hydrogen) atoms. The van der Waals surface area contributed by atoms with Gasteiger partial charge in [0.2, 0.25) is 0 Å². The van der Waals surface area contributed by atoms with Crippen molar-refractivity contribution in [2.45, 2.75) is 46.5 Å². The van der Waals surface area contributed by atoms with Crippen LogP contribution in [0.3, 0.4) is 0 Å². The minimum Gasteiger partial charge on any atom is -0.303 e. The van der Waals surface area contributed by atoms with Crippen LogP contribution in [0.4, 0.5) is 0 Å². The number of piperidine rings is 1. The van der Waals surface area contributed by atoms with Gasteiger partial charge < -0.3 is 4.90 Å². The molecule has 0 N–H and O–H groups in total. The minimum atomic E-state index is 1.32. The van der Waals surface area contributed by atoms with Gasteiger partial charge in [0.1, 0.15) is 0 Å². The summed E-state index contributed by atoms with van der Waals surface area (Å²) in [4.78, 5) is 2.57. The first-order valence-electron chi connectivity index (χ1n) is 5.41. The fourth-order valence-corrected chi connectivity index (χ4v) is 1.50. The Balaban J connectivity index is 0.000000310. The molecule has 0 saturated carbocycles. The van der Waals surface area contributed by atoms with Crippen LogP contribution in [0.1, 0.15) is 46.5 Å². The van der Waals surface area contributed by atoms with Gasteiger partial charge in [-0.1, -0.05) is 13.3 Å². The number of hydrogen-bond acceptors (Lipinski definition) is 1. The fraction of sp³-hybridized carbons (Fsp3) is 0.833. The summed E-state index contributed by atoms with van der Waals surface area (Å²) in [6, 6.07) is 0. The highest BCUT2D eigenvalue weighted by Gasteiger charge is 2.07. The summed E-state index contributed by atoms with van der Waals surface area (Å²) in [6.07, 6.45) is 5.64. The Bertz CT molecular complexity index is 137. The van der Waals surface area contributed by atoms with Crippen molar-refractivity contribution in [2.75, 3.05) is 19.6 Å². The molecule has 0 radical (unpaired) electrons. The predicted octanol–water partition coefficient (Wildman–Crippen LogP) is 2.91. The second kappa shape index (κ2) is 9.61. The Morgan fingerprint density at radius 2 is 1.54 bits per heavy atom. The van der Waals surface area contributed by atoms with Gasteiger partial charge in [0, 0.05) is 0 Å². The largest absolute Gasteiger partial charge is 0.303 e. The Hall–Kier alpha value is -0.480. The van der Waals surface area contributed by atoms with Gasteiger partial charge in [0.15, 0.2) is 0 Å². The molecule has 0 aromatic carbocycles. The van der Waals surface area contributed by atoms with E-state index in [2.05, 4.69) is 23.7 Å². The van der Waals surface area contributed by atoms with E-state index in [1.165, 1.54) is 45.3 Å². The van der Waals surface area contributed by atoms with Crippen molar-refractivity contribution in [3.05, 3.63) is 0 Å². The molecule has 0 aromatic rings. The standard InChI is InChI=1S/C8H17N.C4H6/c1-2-6-9-7-4-3-5-8-9;1-3-4-2/h2-8H2,1H3;1-2H3. The van der Waals surface area contributed by atoms with Crippen molar-refractivity contribution in [1.82, 2.24) is 4.90 Å². The Morgan fingerprint density at radius 1 is 1.00 bits per heavy atom. The molecule has 0 spiro atoms. The van der Waals surface area contributed by atoms with E-state index in [4.69, 9.17) is 0 Å². The second-order valence-electron chi connectivity index (χ2n) is 3.40. The summed E-state index contributed by atoms with van der Waals surface area (Å²) in [6.45, 7) is 9.93. The minimum absolute atomic E-state index is 1.32. The third-order valence-corrected chi connectivity index (χ3v) is 2.24. The van der Waals surface area contributed by atoms with Crippen molar-refractivity contribution < 1.29 is 0 Å². The summed E-state index contributed by atoms with van der Waals surface area (Å²) >= 11 is 0. The molecule has 1 saturated heterocycles. The molecule has 0 unspecified atom stereocenters. The van der Waals surface area contributed by atoms with Crippen LogP contribution in [0.25, 0.3) is 0 Å². The maximum atomic E-state index is 2.68. The van der Waals surface area contributed by atoms with Gasteiger partial charge in [-0.2, -0.15) is 0 Å². The maximum Gasteiger partial charge on any atom is -0.00187 e. The molecule has 1 nitrogen and oxygen atoms in total. The molecule has 1 heterocycles. The molecule has 0 atom stereocenters. The van der Waals surface area contributed by atoms with Crippen LogP contribution in [0.5, 0.6) is 0 Å². The van der Waals surface area contributed by atoms with Gasteiger partial charge >= 0.3 is 0 Å². The van der Waals surface area contributed by atoms with Crippen LogP contribution in [-0.2, 0) is 0 Å². The quantitative estimate of drug-likeness (QED) is 0.592. The normalized spacial score (nSPS) is 16.5. The highest BCUT2D eigenvalue weighted by molar-refractivity contribution is 4.89. The van der Waals surface area contributed by atoms with Gasteiger partial charge in [0.05, 0.1) is 0 Å². The van der Waals surface area contributed by atoms with E-state index in [9.17, 15) is 0 Å². The van der Waals surface area contributed by atoms with Crippen LogP contribution < -0.4 is 0 Å². The van der Waals surface area contributed by atoms with E-state index in [1.54, 1.807) is 0 Å². The molecular formula is C12H23N. The number of hydrogen-bond donors (Lipinski definition) is 0. The number of nitrogens with zero attached hydrogens (tertiary/aromatic N) is 1. The van der Waals surface area contributed by atoms with Crippen molar-refractivity contribution in [3.63, 3.8) is 0 Å². The monoisotopic (exact) mass is 181 g/mol. The van der Waals surface area contributed by atoms with E-state index < -0.39 is 0 Å². The second-order valence-corrected chi connectivity index (χ2v) is 3.40. The van der Waals surface area contributed by atoms with Gasteiger partial charge in [-0.25, -0.2) is 0 Å². The lowest BCUT2D eigenvalue weighted by atomic mass is 10.1. The average Bonchev–Trinajstić information content (AvgIpc) is 2.20. The van der Waals surface area contributed by atoms with E-state index >= 15 is 0 Å². The predicted molar refractivity (Wildman–Crippen MR) is 59.7 cm³/mol. The molecule has 76 valence electrons. The average molecular weight is 181 g/mol. The maximum absolute atomic E-state index is 2.68. The molecule has 1 aliphatic rings. The molecule has 0 bridgehead atoms. The third-order valence-electron chi connectivity index (χ3n) is 2.24. The zero-order valence-corrected chi connectivity index (χ0v) is 9.40. The molecule has 1 aliphatic heterocycles. The molecule has 0 amide bonds. The van der Waals surface area contributed by atoms with Crippen LogP contribution in [-0.4, -0.2) is 24.5 Å². The summed E-state index contributed by atoms with van der Waals surface area (Å²) in [7, 11) is 0. The van der Waals surface area contributed by atoms with Crippen molar-refractivity contribution >= 4 is 0 Å². The van der Waals surface area contributed by atoms with Crippen LogP contribution in [0.2, 0.25) is 0 Å². The summed E-state index contributed by atoms with van der Waals surface area (Å²) in [5, 5.41) is 0. The number of rotatable bonds is 2. The Labute approximate surface area is 83.5 Å². The third kappa shape index (κ3) is 7.87. The first-order valence-corrected chi connectivity index (χ1v) is 5.41. The molecule has 1 heteroatoms. The van der Waals surface area contributed by atoms with Gasteiger partial charge in [-0.15, -0.1) is 11.8 Å². The molecule has 1 fully saturated rings. The van der Waals surface area contributed by atoms with E-state index in [0.29, 0.717) is 0 Å². The van der Waals surface area contributed by atoms with E-state index in [0.717, 1.165) is 0 Å². The zero-order valence-electron chi connectivity index (χ0n) is 9.40. The van der Waals surface area contributed by atoms with Crippen LogP contribution in [0.15, 0.2) is 0 Å². The van der Waals surface area contributed by atoms with Gasteiger partial charge in [0.25, 0.3) is 0 Å². The number of likely N-dealkylation sites (tertiary alicyclic amines) is 1. The lowest BCUT2D eigenvalue weighted by molar-refractivity contribution is 0.229. The first kappa shape index (κ1) is 12.5. The zero-order chi connectivity index (χ0) is 9.94. The molecule has 0 aliphatic carbocycles. The molecular weight excluding hydrogens is 158 g/mol. The lowest BCUT2D eigenvalue weighted by Gasteiger charge is -2.25. The van der Waals surface area contributed by atoms with E-state index in [-0.39, 0.29) is 0 Å². The first-order chi connectivity index (χ1) is 6.35. The van der Waals surface area contributed by atoms with Gasteiger partial charge in [-0.05, 0) is 52.7 Å². The fourth-order valence-electron chi connectivity index (χ4n) is 1.50. The Kier molecular flexibility index (Phi) is 9.25. The van der Waals surface area contributed by atoms with E-state index in [1.807, 2.05) is 13.8 Å². The lowest BCUT2D eigenvalue weighted by Crippen LogP contribution is -2.30. The smallest absolute Gasteiger partial charge is 0.00187 e. The van der Waals surface area contributed by atoms with Crippen molar-refractivity contribution in [3.8, 4) is 11.8 Å². The highest BCUT2D eigenvalue weighted by atomic mass is 15.1. The molecule has 1 rings (SSSR count). The Morgan fingerprint density at radius 3 is 1.92 bits per heavy atom. The topological polar surface area (TPSA) is 3.24 Å². The van der Waals surface area contributed by atoms with Crippen LogP contribution in [0, 0.1) is 11.8 Å². The SMILES string of the molecule is CC#CC.CCCN1CCCCC1. The summed E-state index contributed by atoms with van der Waals surface area (Å²) in [5.41, 5.74) is 0. The van der Waals surface area contributed by atoms with Crippen LogP contribution >= 0.6 is 0 Å².